The van der Waals surface area contributed by atoms with Crippen LogP contribution >= 0.6 is 0 Å². The van der Waals surface area contributed by atoms with Gasteiger partial charge in [0, 0.05) is 6.42 Å². The van der Waals surface area contributed by atoms with Crippen molar-refractivity contribution in [3.8, 4) is 0 Å². The normalized spacial score (nSPS) is 24.2. The number of hydrogen-bond donors (Lipinski definition) is 0. The fourth-order valence-electron chi connectivity index (χ4n) is 3.84. The smallest absolute Gasteiger partial charge is 0.412 e. The SMILES string of the molecule is C=CCC1N(C(=O)OC(C)(C)C)[C@@H]2CCCC[C@H]2N1C(=O)OC(C)(C)C. The van der Waals surface area contributed by atoms with Crippen molar-refractivity contribution in [3.05, 3.63) is 12.7 Å². The topological polar surface area (TPSA) is 59.1 Å². The van der Waals surface area contributed by atoms with Crippen molar-refractivity contribution in [2.75, 3.05) is 0 Å². The van der Waals surface area contributed by atoms with Crippen LogP contribution in [0, 0.1) is 0 Å². The number of ether oxygens (including phenoxy) is 2. The maximum Gasteiger partial charge on any atom is 0.412 e. The van der Waals surface area contributed by atoms with Gasteiger partial charge in [-0.2, -0.15) is 0 Å². The Labute approximate surface area is 157 Å². The van der Waals surface area contributed by atoms with Gasteiger partial charge < -0.3 is 9.47 Å². The van der Waals surface area contributed by atoms with Crippen molar-refractivity contribution in [1.29, 1.82) is 0 Å². The second kappa shape index (κ2) is 7.49. The minimum absolute atomic E-state index is 0.0314. The first-order valence-corrected chi connectivity index (χ1v) is 9.58. The van der Waals surface area contributed by atoms with E-state index in [0.29, 0.717) is 6.42 Å². The van der Waals surface area contributed by atoms with Crippen molar-refractivity contribution in [2.24, 2.45) is 0 Å². The van der Waals surface area contributed by atoms with Gasteiger partial charge in [0.2, 0.25) is 0 Å². The summed E-state index contributed by atoms with van der Waals surface area (Å²) in [6, 6.07) is -0.0628. The Balaban J connectivity index is 2.35. The molecule has 2 rings (SSSR count). The molecule has 1 aliphatic carbocycles. The number of amides is 2. The quantitative estimate of drug-likeness (QED) is 0.665. The van der Waals surface area contributed by atoms with Gasteiger partial charge in [-0.1, -0.05) is 18.9 Å². The third kappa shape index (κ3) is 4.71. The highest BCUT2D eigenvalue weighted by atomic mass is 16.6. The Bertz CT molecular complexity index is 503. The first kappa shape index (κ1) is 20.6. The summed E-state index contributed by atoms with van der Waals surface area (Å²) < 4.78 is 11.3. The molecule has 2 atom stereocenters. The van der Waals surface area contributed by atoms with Gasteiger partial charge in [0.25, 0.3) is 0 Å². The molecule has 1 aliphatic heterocycles. The fraction of sp³-hybridized carbons (Fsp3) is 0.800. The highest BCUT2D eigenvalue weighted by molar-refractivity contribution is 5.74. The standard InChI is InChI=1S/C20H34N2O4/c1-8-11-16-21(17(23)25-19(2,3)4)14-12-9-10-13-15(14)22(16)18(24)26-20(5,6)7/h8,14-16H,1,9-13H2,2-7H3/t14-,15-/m1/s1. The molecule has 0 bridgehead atoms. The van der Waals surface area contributed by atoms with E-state index in [4.69, 9.17) is 9.47 Å². The summed E-state index contributed by atoms with van der Waals surface area (Å²) in [5, 5.41) is 0. The van der Waals surface area contributed by atoms with Crippen LogP contribution in [-0.2, 0) is 9.47 Å². The zero-order valence-electron chi connectivity index (χ0n) is 17.1. The highest BCUT2D eigenvalue weighted by Crippen LogP contribution is 2.39. The molecule has 1 heterocycles. The molecule has 0 N–H and O–H groups in total. The molecule has 2 amide bonds. The molecule has 6 nitrogen and oxygen atoms in total. The van der Waals surface area contributed by atoms with Crippen molar-refractivity contribution >= 4 is 12.2 Å². The highest BCUT2D eigenvalue weighted by Gasteiger charge is 2.53. The van der Waals surface area contributed by atoms with Crippen LogP contribution in [0.1, 0.15) is 73.6 Å². The maximum absolute atomic E-state index is 12.9. The third-order valence-corrected chi connectivity index (χ3v) is 4.64. The summed E-state index contributed by atoms with van der Waals surface area (Å²) >= 11 is 0. The monoisotopic (exact) mass is 366 g/mol. The number of carbonyl (C=O) groups is 2. The Morgan fingerprint density at radius 3 is 1.62 bits per heavy atom. The van der Waals surface area contributed by atoms with E-state index >= 15 is 0 Å². The predicted molar refractivity (Wildman–Crippen MR) is 101 cm³/mol. The maximum atomic E-state index is 12.9. The molecular weight excluding hydrogens is 332 g/mol. The minimum Gasteiger partial charge on any atom is -0.444 e. The van der Waals surface area contributed by atoms with Gasteiger partial charge in [0.15, 0.2) is 0 Å². The molecule has 0 aromatic heterocycles. The molecule has 2 aliphatic rings. The molecule has 0 aromatic rings. The van der Waals surface area contributed by atoms with E-state index in [1.54, 1.807) is 15.9 Å². The number of rotatable bonds is 2. The van der Waals surface area contributed by atoms with Crippen LogP contribution in [0.25, 0.3) is 0 Å². The van der Waals surface area contributed by atoms with Crippen LogP contribution in [0.3, 0.4) is 0 Å². The average Bonchev–Trinajstić information content (AvgIpc) is 2.78. The van der Waals surface area contributed by atoms with Crippen molar-refractivity contribution in [3.63, 3.8) is 0 Å². The molecule has 0 aromatic carbocycles. The van der Waals surface area contributed by atoms with Gasteiger partial charge in [-0.25, -0.2) is 9.59 Å². The lowest BCUT2D eigenvalue weighted by atomic mass is 9.90. The minimum atomic E-state index is -0.584. The van der Waals surface area contributed by atoms with Crippen LogP contribution in [-0.4, -0.2) is 51.4 Å². The molecule has 0 spiro atoms. The third-order valence-electron chi connectivity index (χ3n) is 4.64. The summed E-state index contributed by atoms with van der Waals surface area (Å²) in [6.45, 7) is 14.9. The lowest BCUT2D eigenvalue weighted by molar-refractivity contribution is -0.00415. The van der Waals surface area contributed by atoms with E-state index in [0.717, 1.165) is 25.7 Å². The van der Waals surface area contributed by atoms with Crippen molar-refractivity contribution < 1.29 is 19.1 Å². The predicted octanol–water partition coefficient (Wildman–Crippen LogP) is 4.69. The van der Waals surface area contributed by atoms with Gasteiger partial charge >= 0.3 is 12.2 Å². The van der Waals surface area contributed by atoms with E-state index < -0.39 is 17.4 Å². The summed E-state index contributed by atoms with van der Waals surface area (Å²) in [5.41, 5.74) is -1.17. The molecule has 1 saturated carbocycles. The zero-order valence-corrected chi connectivity index (χ0v) is 17.1. The molecule has 0 unspecified atom stereocenters. The molecule has 0 radical (unpaired) electrons. The Morgan fingerprint density at radius 2 is 1.31 bits per heavy atom. The van der Waals surface area contributed by atoms with E-state index in [9.17, 15) is 9.59 Å². The average molecular weight is 367 g/mol. The summed E-state index contributed by atoms with van der Waals surface area (Å²) in [5.74, 6) is 0. The second-order valence-corrected chi connectivity index (χ2v) is 9.20. The Kier molecular flexibility index (Phi) is 5.93. The van der Waals surface area contributed by atoms with Gasteiger partial charge in [0.1, 0.15) is 17.4 Å². The lowest BCUT2D eigenvalue weighted by Crippen LogP contribution is -2.48. The summed E-state index contributed by atoms with van der Waals surface area (Å²) in [7, 11) is 0. The van der Waals surface area contributed by atoms with Crippen LogP contribution in [0.5, 0.6) is 0 Å². The summed E-state index contributed by atoms with van der Waals surface area (Å²) in [4.78, 5) is 29.4. The second-order valence-electron chi connectivity index (χ2n) is 9.20. The Hall–Kier alpha value is -1.72. The van der Waals surface area contributed by atoms with E-state index in [1.165, 1.54) is 0 Å². The van der Waals surface area contributed by atoms with E-state index in [2.05, 4.69) is 6.58 Å². The van der Waals surface area contributed by atoms with Crippen LogP contribution in [0.15, 0.2) is 12.7 Å². The molecule has 1 saturated heterocycles. The van der Waals surface area contributed by atoms with Crippen LogP contribution < -0.4 is 0 Å². The lowest BCUT2D eigenvalue weighted by Gasteiger charge is -2.33. The van der Waals surface area contributed by atoms with Crippen LogP contribution in [0.2, 0.25) is 0 Å². The van der Waals surface area contributed by atoms with Gasteiger partial charge in [0.05, 0.1) is 12.1 Å². The number of carbonyl (C=O) groups excluding carboxylic acids is 2. The van der Waals surface area contributed by atoms with Gasteiger partial charge in [-0.15, -0.1) is 6.58 Å². The van der Waals surface area contributed by atoms with Crippen molar-refractivity contribution in [1.82, 2.24) is 9.80 Å². The van der Waals surface area contributed by atoms with Crippen molar-refractivity contribution in [2.45, 2.75) is 103 Å². The largest absolute Gasteiger partial charge is 0.444 e. The number of fused-ring (bicyclic) bond motifs is 1. The molecule has 26 heavy (non-hydrogen) atoms. The first-order valence-electron chi connectivity index (χ1n) is 9.58. The molecule has 2 fully saturated rings. The Morgan fingerprint density at radius 1 is 0.923 bits per heavy atom. The van der Waals surface area contributed by atoms with Gasteiger partial charge in [-0.05, 0) is 54.4 Å². The number of nitrogens with zero attached hydrogens (tertiary/aromatic N) is 2. The molecular formula is C20H34N2O4. The molecule has 148 valence electrons. The fourth-order valence-corrected chi connectivity index (χ4v) is 3.84. The first-order chi connectivity index (χ1) is 11.9. The van der Waals surface area contributed by atoms with Gasteiger partial charge in [-0.3, -0.25) is 9.80 Å². The zero-order chi connectivity index (χ0) is 19.7. The van der Waals surface area contributed by atoms with E-state index in [1.807, 2.05) is 41.5 Å². The molecule has 6 heteroatoms. The number of hydrogen-bond acceptors (Lipinski definition) is 4. The van der Waals surface area contributed by atoms with Crippen LogP contribution in [0.4, 0.5) is 9.59 Å². The van der Waals surface area contributed by atoms with E-state index in [-0.39, 0.29) is 24.3 Å². The summed E-state index contributed by atoms with van der Waals surface area (Å²) in [6.07, 6.45) is 4.92.